The van der Waals surface area contributed by atoms with Crippen LogP contribution in [0.5, 0.6) is 5.88 Å². The van der Waals surface area contributed by atoms with Gasteiger partial charge in [-0.3, -0.25) is 4.90 Å². The van der Waals surface area contributed by atoms with Crippen LogP contribution in [0.1, 0.15) is 56.5 Å². The average molecular weight is 586 g/mol. The largest absolute Gasteiger partial charge is 0.480 e. The monoisotopic (exact) mass is 585 g/mol. The fourth-order valence-electron chi connectivity index (χ4n) is 5.68. The van der Waals surface area contributed by atoms with Crippen molar-refractivity contribution >= 4 is 17.8 Å². The predicted molar refractivity (Wildman–Crippen MR) is 160 cm³/mol. The van der Waals surface area contributed by atoms with Crippen molar-refractivity contribution in [2.45, 2.75) is 77.4 Å². The number of amides is 2. The zero-order valence-corrected chi connectivity index (χ0v) is 25.5. The molecule has 12 heteroatoms. The fraction of sp³-hybridized carbons (Fsp3) is 0.667. The Morgan fingerprint density at radius 2 is 2.00 bits per heavy atom. The molecule has 4 rings (SSSR count). The highest BCUT2D eigenvalue weighted by molar-refractivity contribution is 5.83. The highest BCUT2D eigenvalue weighted by Crippen LogP contribution is 2.20. The number of morpholine rings is 1. The first-order chi connectivity index (χ1) is 20.2. The second-order valence-electron chi connectivity index (χ2n) is 11.5. The first-order valence-electron chi connectivity index (χ1n) is 15.2. The highest BCUT2D eigenvalue weighted by Gasteiger charge is 2.32. The number of fused-ring (bicyclic) bond motifs is 1. The number of hydrogen-bond acceptors (Lipinski definition) is 8. The van der Waals surface area contributed by atoms with Gasteiger partial charge in [-0.05, 0) is 77.5 Å². The van der Waals surface area contributed by atoms with E-state index in [1.54, 1.807) is 9.58 Å². The van der Waals surface area contributed by atoms with E-state index in [-0.39, 0.29) is 24.5 Å². The number of rotatable bonds is 14. The molecule has 1 saturated heterocycles. The van der Waals surface area contributed by atoms with Crippen molar-refractivity contribution in [1.82, 2.24) is 29.9 Å². The summed E-state index contributed by atoms with van der Waals surface area (Å²) in [4.78, 5) is 33.9. The number of aryl methyl sites for hydroxylation is 4. The number of carbonyl (C=O) groups is 2. The van der Waals surface area contributed by atoms with Crippen molar-refractivity contribution in [3.8, 4) is 5.88 Å². The van der Waals surface area contributed by atoms with Gasteiger partial charge in [0.25, 0.3) is 0 Å². The van der Waals surface area contributed by atoms with E-state index in [9.17, 15) is 14.7 Å². The van der Waals surface area contributed by atoms with E-state index in [1.165, 1.54) is 5.56 Å². The van der Waals surface area contributed by atoms with Crippen LogP contribution in [-0.2, 0) is 29.4 Å². The van der Waals surface area contributed by atoms with Crippen molar-refractivity contribution in [3.63, 3.8) is 0 Å². The summed E-state index contributed by atoms with van der Waals surface area (Å²) in [6, 6.07) is 4.62. The van der Waals surface area contributed by atoms with Crippen LogP contribution in [0, 0.1) is 6.92 Å². The van der Waals surface area contributed by atoms with Gasteiger partial charge in [0, 0.05) is 38.4 Å². The van der Waals surface area contributed by atoms with Crippen molar-refractivity contribution in [2.24, 2.45) is 7.05 Å². The number of nitrogens with one attached hydrogen (secondary N) is 2. The molecule has 0 bridgehead atoms. The maximum atomic E-state index is 13.0. The first-order valence-corrected chi connectivity index (χ1v) is 15.2. The van der Waals surface area contributed by atoms with Crippen LogP contribution in [0.25, 0.3) is 0 Å². The number of pyridine rings is 1. The minimum absolute atomic E-state index is 0.118. The summed E-state index contributed by atoms with van der Waals surface area (Å²) in [6.07, 6.45) is 5.30. The van der Waals surface area contributed by atoms with Gasteiger partial charge in [0.2, 0.25) is 5.88 Å². The van der Waals surface area contributed by atoms with Gasteiger partial charge in [-0.1, -0.05) is 6.07 Å². The SMILES string of the molecule is Cc1cc(OCCN(CCCCc2ccc3c(n2)NCCC3)CC[C@H](NC(=O)N2[C@H](C)COC[C@@H]2C)C(=O)O)n(C)n1. The van der Waals surface area contributed by atoms with Gasteiger partial charge >= 0.3 is 12.0 Å². The number of aliphatic carboxylic acids is 1. The molecular formula is C30H47N7O5. The summed E-state index contributed by atoms with van der Waals surface area (Å²) in [7, 11) is 1.85. The van der Waals surface area contributed by atoms with Gasteiger partial charge in [-0.25, -0.2) is 19.3 Å². The Morgan fingerprint density at radius 1 is 1.21 bits per heavy atom. The van der Waals surface area contributed by atoms with E-state index in [1.807, 2.05) is 33.9 Å². The summed E-state index contributed by atoms with van der Waals surface area (Å²) in [5.41, 5.74) is 3.27. The Morgan fingerprint density at radius 3 is 2.71 bits per heavy atom. The molecule has 0 aromatic carbocycles. The first kappa shape index (κ1) is 31.6. The molecule has 2 aromatic rings. The second-order valence-corrected chi connectivity index (χ2v) is 11.5. The summed E-state index contributed by atoms with van der Waals surface area (Å²) < 4.78 is 13.2. The van der Waals surface area contributed by atoms with E-state index in [0.717, 1.165) is 62.4 Å². The molecule has 2 amide bonds. The smallest absolute Gasteiger partial charge is 0.326 e. The lowest BCUT2D eigenvalue weighted by Crippen LogP contribution is -2.58. The third-order valence-corrected chi connectivity index (χ3v) is 7.96. The van der Waals surface area contributed by atoms with E-state index in [4.69, 9.17) is 14.5 Å². The molecule has 0 saturated carbocycles. The Hall–Kier alpha value is -3.38. The third-order valence-electron chi connectivity index (χ3n) is 7.96. The van der Waals surface area contributed by atoms with Gasteiger partial charge in [0.05, 0.1) is 31.0 Å². The number of hydrogen-bond donors (Lipinski definition) is 3. The second kappa shape index (κ2) is 15.2. The van der Waals surface area contributed by atoms with E-state index in [2.05, 4.69) is 32.8 Å². The number of carbonyl (C=O) groups excluding carboxylic acids is 1. The van der Waals surface area contributed by atoms with Crippen LogP contribution in [-0.4, -0.2) is 106 Å². The topological polar surface area (TPSA) is 134 Å². The quantitative estimate of drug-likeness (QED) is 0.286. The summed E-state index contributed by atoms with van der Waals surface area (Å²) >= 11 is 0. The number of carboxylic acid groups (broad SMARTS) is 1. The molecule has 0 aliphatic carbocycles. The molecule has 4 heterocycles. The Labute approximate surface area is 248 Å². The van der Waals surface area contributed by atoms with Crippen molar-refractivity contribution < 1.29 is 24.2 Å². The van der Waals surface area contributed by atoms with Crippen LogP contribution >= 0.6 is 0 Å². The molecule has 1 fully saturated rings. The maximum absolute atomic E-state index is 13.0. The molecular weight excluding hydrogens is 538 g/mol. The summed E-state index contributed by atoms with van der Waals surface area (Å²) in [6.45, 7) is 9.97. The predicted octanol–water partition coefficient (Wildman–Crippen LogP) is 2.85. The lowest BCUT2D eigenvalue weighted by molar-refractivity contribution is -0.139. The van der Waals surface area contributed by atoms with Crippen LogP contribution in [0.15, 0.2) is 18.2 Å². The fourth-order valence-corrected chi connectivity index (χ4v) is 5.68. The van der Waals surface area contributed by atoms with Gasteiger partial charge < -0.3 is 30.1 Å². The molecule has 0 unspecified atom stereocenters. The molecule has 0 radical (unpaired) electrons. The normalized spacial score (nSPS) is 19.2. The minimum Gasteiger partial charge on any atom is -0.480 e. The number of nitrogens with zero attached hydrogens (tertiary/aromatic N) is 5. The number of aromatic nitrogens is 3. The molecule has 2 aliphatic rings. The van der Waals surface area contributed by atoms with E-state index >= 15 is 0 Å². The van der Waals surface area contributed by atoms with Crippen molar-refractivity contribution in [1.29, 1.82) is 0 Å². The van der Waals surface area contributed by atoms with Crippen LogP contribution in [0.4, 0.5) is 10.6 Å². The molecule has 3 N–H and O–H groups in total. The lowest BCUT2D eigenvalue weighted by Gasteiger charge is -2.39. The summed E-state index contributed by atoms with van der Waals surface area (Å²) in [5, 5.41) is 20.4. The molecule has 3 atom stereocenters. The van der Waals surface area contributed by atoms with Crippen LogP contribution in [0.3, 0.4) is 0 Å². The number of ether oxygens (including phenoxy) is 2. The maximum Gasteiger partial charge on any atom is 0.326 e. The third kappa shape index (κ3) is 8.81. The number of carboxylic acids is 1. The van der Waals surface area contributed by atoms with Gasteiger partial charge in [0.1, 0.15) is 18.5 Å². The number of anilines is 1. The van der Waals surface area contributed by atoms with Gasteiger partial charge in [-0.2, -0.15) is 5.10 Å². The molecule has 12 nitrogen and oxygen atoms in total. The lowest BCUT2D eigenvalue weighted by atomic mass is 10.1. The Balaban J connectivity index is 1.31. The zero-order chi connectivity index (χ0) is 30.1. The summed E-state index contributed by atoms with van der Waals surface area (Å²) in [5.74, 6) is 0.681. The van der Waals surface area contributed by atoms with Gasteiger partial charge in [-0.15, -0.1) is 0 Å². The van der Waals surface area contributed by atoms with Crippen molar-refractivity contribution in [3.05, 3.63) is 35.2 Å². The van der Waals surface area contributed by atoms with E-state index < -0.39 is 12.0 Å². The van der Waals surface area contributed by atoms with Crippen molar-refractivity contribution in [2.75, 3.05) is 51.3 Å². The number of urea groups is 1. The Bertz CT molecular complexity index is 1180. The van der Waals surface area contributed by atoms with E-state index in [0.29, 0.717) is 38.8 Å². The molecule has 42 heavy (non-hydrogen) atoms. The molecule has 0 spiro atoms. The van der Waals surface area contributed by atoms with Crippen LogP contribution in [0.2, 0.25) is 0 Å². The minimum atomic E-state index is -1.04. The average Bonchev–Trinajstić information content (AvgIpc) is 3.28. The molecule has 2 aromatic heterocycles. The Kier molecular flexibility index (Phi) is 11.4. The molecule has 232 valence electrons. The number of unbranched alkanes of at least 4 members (excludes halogenated alkanes) is 1. The zero-order valence-electron chi connectivity index (χ0n) is 25.5. The standard InChI is InChI=1S/C30H47N7O5/c1-21-18-27(35(4)34-21)42-17-16-36(14-6-5-9-25-11-10-24-8-7-13-31-28(24)32-25)15-12-26(29(38)39)33-30(40)37-22(2)19-41-20-23(37)3/h10-11,18,22-23,26H,5-9,12-17,19-20H2,1-4H3,(H,31,32)(H,33,40)(H,38,39)/t22-,23+,26-/m0/s1. The van der Waals surface area contributed by atoms with Gasteiger partial charge in [0.15, 0.2) is 0 Å². The highest BCUT2D eigenvalue weighted by atomic mass is 16.5. The molecule has 2 aliphatic heterocycles. The van der Waals surface area contributed by atoms with Crippen LogP contribution < -0.4 is 15.4 Å².